The number of carbonyl (C=O) groups excluding carboxylic acids is 1. The third kappa shape index (κ3) is 4.78. The van der Waals surface area contributed by atoms with Crippen LogP contribution >= 0.6 is 23.1 Å². The van der Waals surface area contributed by atoms with Gasteiger partial charge in [-0.2, -0.15) is 0 Å². The average Bonchev–Trinajstić information content (AvgIpc) is 3.35. The number of rotatable bonds is 9. The Morgan fingerprint density at radius 3 is 3.00 bits per heavy atom. The summed E-state index contributed by atoms with van der Waals surface area (Å²) in [5, 5.41) is 4.21. The van der Waals surface area contributed by atoms with Crippen molar-refractivity contribution < 1.29 is 14.3 Å². The molecule has 0 atom stereocenters. The van der Waals surface area contributed by atoms with E-state index in [9.17, 15) is 9.59 Å². The van der Waals surface area contributed by atoms with Gasteiger partial charge >= 0.3 is 0 Å². The number of thiophene rings is 1. The summed E-state index contributed by atoms with van der Waals surface area (Å²) in [6.45, 7) is 1.08. The minimum absolute atomic E-state index is 0.00351. The number of methoxy groups -OCH3 is 2. The summed E-state index contributed by atoms with van der Waals surface area (Å²) < 4.78 is 12.1. The highest BCUT2D eigenvalue weighted by Gasteiger charge is 2.23. The van der Waals surface area contributed by atoms with Crippen LogP contribution in [-0.2, 0) is 28.9 Å². The van der Waals surface area contributed by atoms with Gasteiger partial charge in [-0.25, -0.2) is 4.98 Å². The number of amides is 1. The summed E-state index contributed by atoms with van der Waals surface area (Å²) in [6.07, 6.45) is 3.77. The van der Waals surface area contributed by atoms with Gasteiger partial charge in [0.1, 0.15) is 10.6 Å². The van der Waals surface area contributed by atoms with Gasteiger partial charge in [-0.3, -0.25) is 14.2 Å². The highest BCUT2D eigenvalue weighted by molar-refractivity contribution is 7.99. The normalized spacial score (nSPS) is 12.8. The first-order valence-corrected chi connectivity index (χ1v) is 12.0. The number of aryl methyl sites for hydroxylation is 2. The van der Waals surface area contributed by atoms with Crippen LogP contribution in [0.2, 0.25) is 0 Å². The van der Waals surface area contributed by atoms with Crippen LogP contribution in [-0.4, -0.2) is 42.0 Å². The smallest absolute Gasteiger partial charge is 0.263 e. The van der Waals surface area contributed by atoms with Crippen molar-refractivity contribution in [1.29, 1.82) is 0 Å². The molecule has 0 fully saturated rings. The number of hydrogen-bond donors (Lipinski definition) is 1. The first-order chi connectivity index (χ1) is 15.1. The van der Waals surface area contributed by atoms with E-state index in [4.69, 9.17) is 14.5 Å². The highest BCUT2D eigenvalue weighted by Crippen LogP contribution is 2.35. The SMILES string of the molecule is COCCCn1c(SCC(=O)Nc2cccc(OC)c2)nc2sc3c(c2c1=O)CCC3. The number of fused-ring (bicyclic) bond motifs is 3. The summed E-state index contributed by atoms with van der Waals surface area (Å²) in [7, 11) is 3.23. The third-order valence-corrected chi connectivity index (χ3v) is 7.37. The molecule has 1 aromatic carbocycles. The van der Waals surface area contributed by atoms with E-state index >= 15 is 0 Å². The van der Waals surface area contributed by atoms with Crippen LogP contribution in [0.5, 0.6) is 5.75 Å². The molecule has 0 radical (unpaired) electrons. The second-order valence-corrected chi connectivity index (χ2v) is 9.33. The van der Waals surface area contributed by atoms with Crippen molar-refractivity contribution in [1.82, 2.24) is 9.55 Å². The first-order valence-electron chi connectivity index (χ1n) is 10.2. The number of carbonyl (C=O) groups is 1. The molecule has 0 saturated carbocycles. The molecule has 0 unspecified atom stereocenters. The van der Waals surface area contributed by atoms with Gasteiger partial charge in [-0.15, -0.1) is 11.3 Å². The third-order valence-electron chi connectivity index (χ3n) is 5.21. The zero-order valence-corrected chi connectivity index (χ0v) is 19.2. The van der Waals surface area contributed by atoms with Crippen molar-refractivity contribution in [2.45, 2.75) is 37.4 Å². The number of benzene rings is 1. The van der Waals surface area contributed by atoms with E-state index in [1.54, 1.807) is 36.2 Å². The van der Waals surface area contributed by atoms with Crippen molar-refractivity contribution in [2.24, 2.45) is 0 Å². The molecule has 31 heavy (non-hydrogen) atoms. The minimum atomic E-state index is -0.162. The van der Waals surface area contributed by atoms with E-state index in [-0.39, 0.29) is 17.2 Å². The standard InChI is InChI=1S/C22H25N3O4S2/c1-28-11-5-10-25-21(27)19-16-8-4-9-17(16)31-20(19)24-22(25)30-13-18(26)23-14-6-3-7-15(12-14)29-2/h3,6-7,12H,4-5,8-11,13H2,1-2H3,(H,23,26). The van der Waals surface area contributed by atoms with Gasteiger partial charge < -0.3 is 14.8 Å². The molecule has 0 spiro atoms. The molecular weight excluding hydrogens is 434 g/mol. The van der Waals surface area contributed by atoms with E-state index in [1.807, 2.05) is 18.2 Å². The fourth-order valence-electron chi connectivity index (χ4n) is 3.76. The zero-order valence-electron chi connectivity index (χ0n) is 17.6. The molecule has 164 valence electrons. The summed E-state index contributed by atoms with van der Waals surface area (Å²) in [6, 6.07) is 7.21. The predicted molar refractivity (Wildman–Crippen MR) is 125 cm³/mol. The second kappa shape index (κ2) is 9.84. The Kier molecular flexibility index (Phi) is 6.94. The summed E-state index contributed by atoms with van der Waals surface area (Å²) in [5.41, 5.74) is 1.84. The van der Waals surface area contributed by atoms with Crippen LogP contribution in [0, 0.1) is 0 Å². The van der Waals surface area contributed by atoms with Crippen LogP contribution in [0.1, 0.15) is 23.3 Å². The molecule has 7 nitrogen and oxygen atoms in total. The van der Waals surface area contributed by atoms with Crippen LogP contribution in [0.15, 0.2) is 34.2 Å². The van der Waals surface area contributed by atoms with Crippen LogP contribution in [0.25, 0.3) is 10.2 Å². The van der Waals surface area contributed by atoms with Gasteiger partial charge in [0.05, 0.1) is 18.2 Å². The Morgan fingerprint density at radius 1 is 1.32 bits per heavy atom. The monoisotopic (exact) mass is 459 g/mol. The Hall–Kier alpha value is -2.36. The van der Waals surface area contributed by atoms with Crippen molar-refractivity contribution in [2.75, 3.05) is 31.9 Å². The van der Waals surface area contributed by atoms with Crippen LogP contribution < -0.4 is 15.6 Å². The summed E-state index contributed by atoms with van der Waals surface area (Å²) in [5.74, 6) is 0.671. The number of nitrogens with zero attached hydrogens (tertiary/aromatic N) is 2. The van der Waals surface area contributed by atoms with Gasteiger partial charge in [-0.05, 0) is 43.4 Å². The van der Waals surface area contributed by atoms with E-state index in [2.05, 4.69) is 5.32 Å². The zero-order chi connectivity index (χ0) is 21.8. The van der Waals surface area contributed by atoms with E-state index < -0.39 is 0 Å². The quantitative estimate of drug-likeness (QED) is 0.298. The predicted octanol–water partition coefficient (Wildman–Crippen LogP) is 3.72. The maximum absolute atomic E-state index is 13.3. The number of nitrogens with one attached hydrogen (secondary N) is 1. The lowest BCUT2D eigenvalue weighted by Gasteiger charge is -2.12. The Labute approximate surface area is 188 Å². The lowest BCUT2D eigenvalue weighted by molar-refractivity contribution is -0.113. The van der Waals surface area contributed by atoms with Crippen molar-refractivity contribution in [3.05, 3.63) is 45.1 Å². The number of aromatic nitrogens is 2. The van der Waals surface area contributed by atoms with E-state index in [0.29, 0.717) is 36.2 Å². The van der Waals surface area contributed by atoms with Crippen LogP contribution in [0.3, 0.4) is 0 Å². The molecule has 2 heterocycles. The number of anilines is 1. The Balaban J connectivity index is 1.56. The molecule has 9 heteroatoms. The maximum Gasteiger partial charge on any atom is 0.263 e. The van der Waals surface area contributed by atoms with Crippen molar-refractivity contribution >= 4 is 44.9 Å². The molecule has 3 aromatic rings. The fourth-order valence-corrected chi connectivity index (χ4v) is 5.89. The minimum Gasteiger partial charge on any atom is -0.497 e. The summed E-state index contributed by atoms with van der Waals surface area (Å²) in [4.78, 5) is 32.7. The number of ether oxygens (including phenoxy) is 2. The van der Waals surface area contributed by atoms with E-state index in [0.717, 1.165) is 29.5 Å². The lowest BCUT2D eigenvalue weighted by Crippen LogP contribution is -2.25. The Morgan fingerprint density at radius 2 is 2.19 bits per heavy atom. The molecule has 2 aromatic heterocycles. The molecule has 1 N–H and O–H groups in total. The largest absolute Gasteiger partial charge is 0.497 e. The van der Waals surface area contributed by atoms with Crippen molar-refractivity contribution in [3.8, 4) is 5.75 Å². The molecule has 0 bridgehead atoms. The van der Waals surface area contributed by atoms with Gasteiger partial charge in [0.15, 0.2) is 5.16 Å². The summed E-state index contributed by atoms with van der Waals surface area (Å²) >= 11 is 2.90. The lowest BCUT2D eigenvalue weighted by atomic mass is 10.2. The molecule has 0 saturated heterocycles. The molecule has 0 aliphatic heterocycles. The maximum atomic E-state index is 13.3. The highest BCUT2D eigenvalue weighted by atomic mass is 32.2. The van der Waals surface area contributed by atoms with E-state index in [1.165, 1.54) is 22.2 Å². The van der Waals surface area contributed by atoms with Crippen molar-refractivity contribution in [3.63, 3.8) is 0 Å². The Bertz CT molecular complexity index is 1160. The first kappa shape index (κ1) is 21.9. The number of hydrogen-bond acceptors (Lipinski definition) is 7. The van der Waals surface area contributed by atoms with Gasteiger partial charge in [0.2, 0.25) is 5.91 Å². The molecule has 4 rings (SSSR count). The van der Waals surface area contributed by atoms with Gasteiger partial charge in [0.25, 0.3) is 5.56 Å². The molecule has 1 aliphatic carbocycles. The molecule has 1 amide bonds. The second-order valence-electron chi connectivity index (χ2n) is 7.30. The average molecular weight is 460 g/mol. The fraction of sp³-hybridized carbons (Fsp3) is 0.409. The number of thioether (sulfide) groups is 1. The molecular formula is C22H25N3O4S2. The van der Waals surface area contributed by atoms with Gasteiger partial charge in [-0.1, -0.05) is 17.8 Å². The molecule has 1 aliphatic rings. The van der Waals surface area contributed by atoms with Crippen LogP contribution in [0.4, 0.5) is 5.69 Å². The van der Waals surface area contributed by atoms with Gasteiger partial charge in [0, 0.05) is 36.9 Å². The topological polar surface area (TPSA) is 82.4 Å².